The average Bonchev–Trinajstić information content (AvgIpc) is 2.67. The first-order chi connectivity index (χ1) is 12.9. The number of aromatic nitrogens is 1. The van der Waals surface area contributed by atoms with Gasteiger partial charge in [-0.1, -0.05) is 6.07 Å². The molecule has 0 bridgehead atoms. The molecule has 3 rings (SSSR count). The van der Waals surface area contributed by atoms with Crippen LogP contribution in [0.15, 0.2) is 57.9 Å². The van der Waals surface area contributed by atoms with E-state index in [1.165, 1.54) is 12.3 Å². The van der Waals surface area contributed by atoms with Crippen molar-refractivity contribution >= 4 is 18.8 Å². The number of nitrogens with two attached hydrogens (primary N) is 1. The van der Waals surface area contributed by atoms with Gasteiger partial charge in [-0.2, -0.15) is 5.26 Å². The predicted octanol–water partition coefficient (Wildman–Crippen LogP) is 3.34. The second-order valence-electron chi connectivity index (χ2n) is 6.38. The molecule has 2 aromatic rings. The van der Waals surface area contributed by atoms with E-state index in [2.05, 4.69) is 21.7 Å². The fourth-order valence-electron chi connectivity index (χ4n) is 3.17. The summed E-state index contributed by atoms with van der Waals surface area (Å²) in [6.07, 6.45) is 4.42. The molecule has 0 unspecified atom stereocenters. The maximum atomic E-state index is 14.7. The van der Waals surface area contributed by atoms with Crippen molar-refractivity contribution in [3.8, 4) is 17.2 Å². The Morgan fingerprint density at radius 1 is 1.37 bits per heavy atom. The van der Waals surface area contributed by atoms with Crippen LogP contribution in [0.1, 0.15) is 24.5 Å². The number of aliphatic imine (C=N–C) groups is 2. The van der Waals surface area contributed by atoms with Crippen LogP contribution >= 0.6 is 0 Å². The van der Waals surface area contributed by atoms with Crippen molar-refractivity contribution in [3.05, 3.63) is 64.9 Å². The van der Waals surface area contributed by atoms with E-state index in [1.807, 2.05) is 6.07 Å². The number of halogens is 1. The van der Waals surface area contributed by atoms with E-state index in [0.717, 1.165) is 6.21 Å². The molecule has 0 fully saturated rings. The van der Waals surface area contributed by atoms with E-state index < -0.39 is 11.4 Å². The third kappa shape index (κ3) is 3.25. The molecule has 134 valence electrons. The summed E-state index contributed by atoms with van der Waals surface area (Å²) in [4.78, 5) is 12.5. The molecule has 1 aliphatic heterocycles. The molecule has 7 heteroatoms. The highest BCUT2D eigenvalue weighted by atomic mass is 19.1. The lowest BCUT2D eigenvalue weighted by Crippen LogP contribution is -2.32. The van der Waals surface area contributed by atoms with Gasteiger partial charge >= 0.3 is 0 Å². The fraction of sp³-hybridized carbons (Fsp3) is 0.150. The Balaban J connectivity index is 2.12. The van der Waals surface area contributed by atoms with Crippen molar-refractivity contribution in [2.24, 2.45) is 15.7 Å². The Labute approximate surface area is 156 Å². The van der Waals surface area contributed by atoms with Gasteiger partial charge in [-0.3, -0.25) is 15.0 Å². The topological polar surface area (TPSA) is 111 Å². The zero-order valence-corrected chi connectivity index (χ0v) is 14.7. The summed E-state index contributed by atoms with van der Waals surface area (Å²) >= 11 is 0. The Morgan fingerprint density at radius 3 is 2.81 bits per heavy atom. The van der Waals surface area contributed by atoms with Crippen LogP contribution < -0.4 is 5.73 Å². The molecule has 6 nitrogen and oxygen atoms in total. The summed E-state index contributed by atoms with van der Waals surface area (Å²) in [5.41, 5.74) is 8.06. The smallest absolute Gasteiger partial charge is 0.129 e. The molecule has 0 amide bonds. The summed E-state index contributed by atoms with van der Waals surface area (Å²) < 4.78 is 14.7. The molecule has 0 radical (unpaired) electrons. The number of nitrogens with one attached hydrogen (secondary N) is 1. The van der Waals surface area contributed by atoms with E-state index >= 15 is 0 Å². The second kappa shape index (κ2) is 6.92. The molecule has 2 heterocycles. The number of benzene rings is 1. The van der Waals surface area contributed by atoms with Crippen LogP contribution in [-0.2, 0) is 5.54 Å². The lowest BCUT2D eigenvalue weighted by atomic mass is 9.83. The third-order valence-corrected chi connectivity index (χ3v) is 4.55. The highest BCUT2D eigenvalue weighted by Gasteiger charge is 2.35. The first-order valence-electron chi connectivity index (χ1n) is 8.13. The van der Waals surface area contributed by atoms with E-state index in [1.54, 1.807) is 31.3 Å². The summed E-state index contributed by atoms with van der Waals surface area (Å²) in [5.74, 6) is -0.303. The highest BCUT2D eigenvalue weighted by Crippen LogP contribution is 2.39. The molecule has 0 saturated carbocycles. The molecular weight excluding hydrogens is 343 g/mol. The maximum absolute atomic E-state index is 14.7. The number of pyridine rings is 1. The Hall–Kier alpha value is -3.66. The van der Waals surface area contributed by atoms with Gasteiger partial charge < -0.3 is 11.1 Å². The first kappa shape index (κ1) is 18.1. The Morgan fingerprint density at radius 2 is 2.15 bits per heavy atom. The average molecular weight is 360 g/mol. The molecule has 0 spiro atoms. The molecule has 3 N–H and O–H groups in total. The zero-order valence-electron chi connectivity index (χ0n) is 14.7. The number of hydrogen-bond acceptors (Lipinski definition) is 6. The molecule has 1 aliphatic rings. The molecule has 1 atom stereocenters. The SMILES string of the molecule is C=NC1=C(C=N)C(N)=N[C@](C)(c2cc(-c3cncc(C#N)c3)ccc2F)C1. The largest absolute Gasteiger partial charge is 0.383 e. The molecule has 0 aliphatic carbocycles. The molecule has 1 aromatic heterocycles. The monoisotopic (exact) mass is 360 g/mol. The van der Waals surface area contributed by atoms with Gasteiger partial charge in [0, 0.05) is 36.2 Å². The maximum Gasteiger partial charge on any atom is 0.129 e. The first-order valence-corrected chi connectivity index (χ1v) is 8.13. The fourth-order valence-corrected chi connectivity index (χ4v) is 3.17. The van der Waals surface area contributed by atoms with Gasteiger partial charge in [0.15, 0.2) is 0 Å². The Kier molecular flexibility index (Phi) is 4.65. The summed E-state index contributed by atoms with van der Waals surface area (Å²) in [5, 5.41) is 16.5. The van der Waals surface area contributed by atoms with Crippen molar-refractivity contribution in [3.63, 3.8) is 0 Å². The lowest BCUT2D eigenvalue weighted by Gasteiger charge is -2.31. The van der Waals surface area contributed by atoms with Gasteiger partial charge in [0.1, 0.15) is 17.7 Å². The van der Waals surface area contributed by atoms with Crippen LogP contribution in [0.4, 0.5) is 4.39 Å². The van der Waals surface area contributed by atoms with Crippen LogP contribution in [0.5, 0.6) is 0 Å². The van der Waals surface area contributed by atoms with E-state index in [-0.39, 0.29) is 12.3 Å². The van der Waals surface area contributed by atoms with Gasteiger partial charge in [0.2, 0.25) is 0 Å². The standard InChI is InChI=1S/C20H17FN6/c1-20(7-18(25-2)15(9-23)19(24)27-20)16-6-13(3-4-17(16)21)14-5-12(8-22)10-26-11-14/h3-6,9-11,23H,2,7H2,1H3,(H2,24,27)/t20-/m0/s1. The number of dihydropyridines is 1. The number of nitriles is 1. The highest BCUT2D eigenvalue weighted by molar-refractivity contribution is 6.15. The van der Waals surface area contributed by atoms with E-state index in [4.69, 9.17) is 16.4 Å². The number of nitrogens with zero attached hydrogens (tertiary/aromatic N) is 4. The Bertz CT molecular complexity index is 1050. The van der Waals surface area contributed by atoms with Crippen LogP contribution in [0.3, 0.4) is 0 Å². The minimum absolute atomic E-state index is 0.124. The van der Waals surface area contributed by atoms with Crippen molar-refractivity contribution < 1.29 is 4.39 Å². The van der Waals surface area contributed by atoms with Gasteiger partial charge in [0.05, 0.1) is 22.4 Å². The van der Waals surface area contributed by atoms with Crippen molar-refractivity contribution in [1.82, 2.24) is 4.98 Å². The van der Waals surface area contributed by atoms with Crippen LogP contribution in [-0.4, -0.2) is 23.8 Å². The zero-order chi connectivity index (χ0) is 19.6. The second-order valence-corrected chi connectivity index (χ2v) is 6.38. The number of rotatable bonds is 4. The van der Waals surface area contributed by atoms with E-state index in [9.17, 15) is 4.39 Å². The minimum Gasteiger partial charge on any atom is -0.383 e. The third-order valence-electron chi connectivity index (χ3n) is 4.55. The predicted molar refractivity (Wildman–Crippen MR) is 103 cm³/mol. The van der Waals surface area contributed by atoms with Crippen molar-refractivity contribution in [2.75, 3.05) is 0 Å². The van der Waals surface area contributed by atoms with E-state index in [0.29, 0.717) is 33.5 Å². The van der Waals surface area contributed by atoms with Crippen LogP contribution in [0, 0.1) is 22.6 Å². The number of hydrogen-bond donors (Lipinski definition) is 2. The van der Waals surface area contributed by atoms with Gasteiger partial charge in [-0.25, -0.2) is 4.39 Å². The molecule has 27 heavy (non-hydrogen) atoms. The van der Waals surface area contributed by atoms with Gasteiger partial charge in [-0.15, -0.1) is 0 Å². The molecule has 1 aromatic carbocycles. The quantitative estimate of drug-likeness (QED) is 0.816. The van der Waals surface area contributed by atoms with Crippen LogP contribution in [0.2, 0.25) is 0 Å². The van der Waals surface area contributed by atoms with Gasteiger partial charge in [0.25, 0.3) is 0 Å². The summed E-state index contributed by atoms with van der Waals surface area (Å²) in [6.45, 7) is 5.29. The molecular formula is C20H17FN6. The molecule has 0 saturated heterocycles. The summed E-state index contributed by atoms with van der Waals surface area (Å²) in [7, 11) is 0. The minimum atomic E-state index is -0.993. The summed E-state index contributed by atoms with van der Waals surface area (Å²) in [6, 6.07) is 8.40. The van der Waals surface area contributed by atoms with Crippen LogP contribution in [0.25, 0.3) is 11.1 Å². The lowest BCUT2D eigenvalue weighted by molar-refractivity contribution is 0.452. The number of amidine groups is 1. The van der Waals surface area contributed by atoms with Crippen molar-refractivity contribution in [2.45, 2.75) is 18.9 Å². The van der Waals surface area contributed by atoms with Gasteiger partial charge in [-0.05, 0) is 37.4 Å². The normalized spacial score (nSPS) is 19.2. The van der Waals surface area contributed by atoms with Crippen molar-refractivity contribution in [1.29, 1.82) is 10.7 Å².